The molecule has 0 spiro atoms. The summed E-state index contributed by atoms with van der Waals surface area (Å²) in [5.74, 6) is 2.21. The number of hydrogen-bond donors (Lipinski definition) is 0. The molecule has 0 N–H and O–H groups in total. The Morgan fingerprint density at radius 3 is 2.06 bits per heavy atom. The molecule has 0 aromatic rings. The lowest BCUT2D eigenvalue weighted by molar-refractivity contribution is 0.105. The van der Waals surface area contributed by atoms with Crippen LogP contribution in [0.2, 0.25) is 0 Å². The third kappa shape index (κ3) is 4.00. The Morgan fingerprint density at radius 2 is 1.44 bits per heavy atom. The molecule has 0 aliphatic heterocycles. The zero-order valence-corrected chi connectivity index (χ0v) is 12.8. The summed E-state index contributed by atoms with van der Waals surface area (Å²) in [4.78, 5) is 0. The average Bonchev–Trinajstić information content (AvgIpc) is 2.41. The largest absolute Gasteiger partial charge is 0.0654 e. The van der Waals surface area contributed by atoms with Crippen molar-refractivity contribution in [3.63, 3.8) is 0 Å². The van der Waals surface area contributed by atoms with Gasteiger partial charge in [0, 0.05) is 0 Å². The molecule has 0 saturated heterocycles. The molecule has 106 valence electrons. The summed E-state index contributed by atoms with van der Waals surface area (Å²) in [7, 11) is 0. The molecule has 0 atom stereocenters. The average molecular weight is 250 g/mol. The molecule has 0 amide bonds. The molecule has 0 nitrogen and oxygen atoms in total. The van der Waals surface area contributed by atoms with Crippen molar-refractivity contribution in [1.29, 1.82) is 0 Å². The van der Waals surface area contributed by atoms with Gasteiger partial charge in [-0.1, -0.05) is 65.2 Å². The van der Waals surface area contributed by atoms with Gasteiger partial charge >= 0.3 is 0 Å². The Labute approximate surface area is 115 Å². The lowest BCUT2D eigenvalue weighted by Gasteiger charge is -2.41. The summed E-state index contributed by atoms with van der Waals surface area (Å²) in [6, 6.07) is 0. The normalized spacial score (nSPS) is 34.7. The summed E-state index contributed by atoms with van der Waals surface area (Å²) in [5.41, 5.74) is 0.709. The first kappa shape index (κ1) is 14.4. The van der Waals surface area contributed by atoms with Gasteiger partial charge in [-0.25, -0.2) is 0 Å². The van der Waals surface area contributed by atoms with Gasteiger partial charge in [-0.15, -0.1) is 0 Å². The quantitative estimate of drug-likeness (QED) is 0.499. The van der Waals surface area contributed by atoms with Crippen molar-refractivity contribution >= 4 is 0 Å². The predicted molar refractivity (Wildman–Crippen MR) is 80.8 cm³/mol. The molecular weight excluding hydrogens is 216 g/mol. The molecule has 0 aromatic carbocycles. The van der Waals surface area contributed by atoms with Crippen LogP contribution in [0.15, 0.2) is 0 Å². The Morgan fingerprint density at radius 1 is 0.833 bits per heavy atom. The molecule has 0 radical (unpaired) electrons. The molecule has 2 fully saturated rings. The summed E-state index contributed by atoms with van der Waals surface area (Å²) >= 11 is 0. The lowest BCUT2D eigenvalue weighted by Crippen LogP contribution is -2.29. The smallest absolute Gasteiger partial charge is 0.0326 e. The molecule has 2 aliphatic rings. The highest BCUT2D eigenvalue weighted by atomic mass is 14.4. The third-order valence-electron chi connectivity index (χ3n) is 5.94. The highest BCUT2D eigenvalue weighted by Crippen LogP contribution is 2.46. The molecule has 2 saturated carbocycles. The first-order valence-electron chi connectivity index (χ1n) is 8.73. The van der Waals surface area contributed by atoms with Crippen LogP contribution in [0.3, 0.4) is 0 Å². The molecule has 0 unspecified atom stereocenters. The molecular formula is C18H34. The van der Waals surface area contributed by atoms with Crippen LogP contribution in [0.4, 0.5) is 0 Å². The van der Waals surface area contributed by atoms with Crippen molar-refractivity contribution in [2.24, 2.45) is 17.3 Å². The highest BCUT2D eigenvalue weighted by molar-refractivity contribution is 4.85. The zero-order chi connectivity index (χ0) is 12.8. The Hall–Kier alpha value is 0. The maximum Gasteiger partial charge on any atom is -0.0326 e. The molecule has 0 heterocycles. The minimum absolute atomic E-state index is 0.709. The second kappa shape index (κ2) is 6.96. The van der Waals surface area contributed by atoms with E-state index in [1.165, 1.54) is 57.8 Å². The van der Waals surface area contributed by atoms with E-state index in [0.29, 0.717) is 5.41 Å². The standard InChI is InChI=1S/C18H34/c1-3-4-8-13-18(2)14-11-17(12-15-18)16-9-6-5-7-10-16/h16-17H,3-15H2,1-2H3. The van der Waals surface area contributed by atoms with E-state index < -0.39 is 0 Å². The van der Waals surface area contributed by atoms with Gasteiger partial charge < -0.3 is 0 Å². The predicted octanol–water partition coefficient (Wildman–Crippen LogP) is 6.34. The monoisotopic (exact) mass is 250 g/mol. The fraction of sp³-hybridized carbons (Fsp3) is 1.00. The SMILES string of the molecule is CCCCCC1(C)CCC(C2CCCCC2)CC1. The van der Waals surface area contributed by atoms with Crippen molar-refractivity contribution in [2.75, 3.05) is 0 Å². The Balaban J connectivity index is 1.72. The summed E-state index contributed by atoms with van der Waals surface area (Å²) in [5, 5.41) is 0. The fourth-order valence-electron chi connectivity index (χ4n) is 4.47. The first-order valence-corrected chi connectivity index (χ1v) is 8.73. The molecule has 2 aliphatic carbocycles. The van der Waals surface area contributed by atoms with E-state index in [1.54, 1.807) is 25.7 Å². The van der Waals surface area contributed by atoms with Gasteiger partial charge in [0.1, 0.15) is 0 Å². The van der Waals surface area contributed by atoms with Crippen molar-refractivity contribution in [3.05, 3.63) is 0 Å². The fourth-order valence-corrected chi connectivity index (χ4v) is 4.47. The summed E-state index contributed by atoms with van der Waals surface area (Å²) in [6.07, 6.45) is 19.6. The highest BCUT2D eigenvalue weighted by Gasteiger charge is 2.34. The van der Waals surface area contributed by atoms with Gasteiger partial charge in [-0.05, 0) is 49.4 Å². The minimum atomic E-state index is 0.709. The van der Waals surface area contributed by atoms with Crippen LogP contribution >= 0.6 is 0 Å². The van der Waals surface area contributed by atoms with Gasteiger partial charge in [-0.2, -0.15) is 0 Å². The van der Waals surface area contributed by atoms with E-state index in [1.807, 2.05) is 0 Å². The third-order valence-corrected chi connectivity index (χ3v) is 5.94. The van der Waals surface area contributed by atoms with Gasteiger partial charge in [-0.3, -0.25) is 0 Å². The van der Waals surface area contributed by atoms with Crippen molar-refractivity contribution in [1.82, 2.24) is 0 Å². The number of unbranched alkanes of at least 4 members (excludes halogenated alkanes) is 2. The second-order valence-electron chi connectivity index (χ2n) is 7.50. The Kier molecular flexibility index (Phi) is 5.57. The van der Waals surface area contributed by atoms with E-state index in [9.17, 15) is 0 Å². The van der Waals surface area contributed by atoms with Crippen molar-refractivity contribution in [3.8, 4) is 0 Å². The second-order valence-corrected chi connectivity index (χ2v) is 7.50. The molecule has 0 bridgehead atoms. The minimum Gasteiger partial charge on any atom is -0.0654 e. The van der Waals surface area contributed by atoms with E-state index >= 15 is 0 Å². The molecule has 18 heavy (non-hydrogen) atoms. The van der Waals surface area contributed by atoms with Crippen LogP contribution in [0.1, 0.15) is 97.3 Å². The maximum absolute atomic E-state index is 2.57. The van der Waals surface area contributed by atoms with Crippen LogP contribution in [0.5, 0.6) is 0 Å². The van der Waals surface area contributed by atoms with E-state index in [-0.39, 0.29) is 0 Å². The van der Waals surface area contributed by atoms with Gasteiger partial charge in [0.15, 0.2) is 0 Å². The molecule has 2 rings (SSSR count). The van der Waals surface area contributed by atoms with E-state index in [4.69, 9.17) is 0 Å². The Bertz CT molecular complexity index is 216. The van der Waals surface area contributed by atoms with Gasteiger partial charge in [0.05, 0.1) is 0 Å². The van der Waals surface area contributed by atoms with Crippen LogP contribution in [-0.2, 0) is 0 Å². The summed E-state index contributed by atoms with van der Waals surface area (Å²) in [6.45, 7) is 4.89. The lowest BCUT2D eigenvalue weighted by atomic mass is 9.64. The number of hydrogen-bond acceptors (Lipinski definition) is 0. The van der Waals surface area contributed by atoms with E-state index in [0.717, 1.165) is 11.8 Å². The van der Waals surface area contributed by atoms with Crippen LogP contribution in [-0.4, -0.2) is 0 Å². The maximum atomic E-state index is 2.57. The summed E-state index contributed by atoms with van der Waals surface area (Å²) < 4.78 is 0. The van der Waals surface area contributed by atoms with Gasteiger partial charge in [0.25, 0.3) is 0 Å². The molecule has 0 heteroatoms. The van der Waals surface area contributed by atoms with Crippen LogP contribution < -0.4 is 0 Å². The first-order chi connectivity index (χ1) is 8.73. The number of rotatable bonds is 5. The van der Waals surface area contributed by atoms with Crippen molar-refractivity contribution < 1.29 is 0 Å². The topological polar surface area (TPSA) is 0 Å². The van der Waals surface area contributed by atoms with Crippen LogP contribution in [0, 0.1) is 17.3 Å². The van der Waals surface area contributed by atoms with E-state index in [2.05, 4.69) is 13.8 Å². The molecule has 0 aromatic heterocycles. The zero-order valence-electron chi connectivity index (χ0n) is 12.8. The van der Waals surface area contributed by atoms with Gasteiger partial charge in [0.2, 0.25) is 0 Å². The van der Waals surface area contributed by atoms with Crippen molar-refractivity contribution in [2.45, 2.75) is 97.3 Å². The van der Waals surface area contributed by atoms with Crippen LogP contribution in [0.25, 0.3) is 0 Å².